The number of rotatable bonds is 4. The van der Waals surface area contributed by atoms with Crippen LogP contribution in [0.4, 0.5) is 0 Å². The smallest absolute Gasteiger partial charge is 0.256 e. The molecule has 0 N–H and O–H groups in total. The van der Waals surface area contributed by atoms with Crippen molar-refractivity contribution in [3.8, 4) is 0 Å². The summed E-state index contributed by atoms with van der Waals surface area (Å²) in [6.45, 7) is 9.57. The summed E-state index contributed by atoms with van der Waals surface area (Å²) >= 11 is 0. The van der Waals surface area contributed by atoms with Gasteiger partial charge in [0.15, 0.2) is 0 Å². The lowest BCUT2D eigenvalue weighted by atomic mass is 9.82. The molecular weight excluding hydrogens is 326 g/mol. The minimum Gasteiger partial charge on any atom is -0.336 e. The molecule has 1 aromatic heterocycles. The summed E-state index contributed by atoms with van der Waals surface area (Å²) in [5.41, 5.74) is 3.18. The highest BCUT2D eigenvalue weighted by atomic mass is 16.2. The number of hydrogen-bond donors (Lipinski definition) is 0. The molecule has 2 aromatic rings. The van der Waals surface area contributed by atoms with E-state index in [0.717, 1.165) is 23.2 Å². The predicted molar refractivity (Wildman–Crippen MR) is 102 cm³/mol. The van der Waals surface area contributed by atoms with E-state index in [1.165, 1.54) is 5.56 Å². The molecule has 0 radical (unpaired) electrons. The first-order valence-electron chi connectivity index (χ1n) is 9.34. The Hall–Kier alpha value is -2.43. The number of aromatic nitrogens is 2. The van der Waals surface area contributed by atoms with E-state index in [9.17, 15) is 9.59 Å². The average Bonchev–Trinajstić information content (AvgIpc) is 2.67. The number of fused-ring (bicyclic) bond motifs is 1. The van der Waals surface area contributed by atoms with Crippen molar-refractivity contribution in [3.63, 3.8) is 0 Å². The summed E-state index contributed by atoms with van der Waals surface area (Å²) in [5, 5.41) is 0. The normalized spacial score (nSPS) is 14.2. The number of carbonyl (C=O) groups is 1. The standard InChI is InChI=1S/C21H27N3O2/c1-5-15-7-9-16(10-8-15)21(3,4)20(26)24-12-11-17-18(13-24)22-14-23(6-2)19(17)25/h7-10,14H,5-6,11-13H2,1-4H3. The van der Waals surface area contributed by atoms with Crippen molar-refractivity contribution in [2.45, 2.75) is 59.0 Å². The van der Waals surface area contributed by atoms with Gasteiger partial charge in [-0.2, -0.15) is 0 Å². The molecule has 2 heterocycles. The summed E-state index contributed by atoms with van der Waals surface area (Å²) in [7, 11) is 0. The maximum atomic E-state index is 13.2. The van der Waals surface area contributed by atoms with Crippen LogP contribution >= 0.6 is 0 Å². The Balaban J connectivity index is 1.84. The minimum atomic E-state index is -0.609. The highest BCUT2D eigenvalue weighted by Gasteiger charge is 2.35. The van der Waals surface area contributed by atoms with Crippen molar-refractivity contribution < 1.29 is 4.79 Å². The third kappa shape index (κ3) is 3.18. The van der Waals surface area contributed by atoms with E-state index in [4.69, 9.17) is 0 Å². The van der Waals surface area contributed by atoms with Crippen LogP contribution < -0.4 is 5.56 Å². The largest absolute Gasteiger partial charge is 0.336 e. The number of benzene rings is 1. The van der Waals surface area contributed by atoms with E-state index >= 15 is 0 Å². The molecule has 0 spiro atoms. The summed E-state index contributed by atoms with van der Waals surface area (Å²) < 4.78 is 1.62. The zero-order chi connectivity index (χ0) is 18.9. The first kappa shape index (κ1) is 18.4. The monoisotopic (exact) mass is 353 g/mol. The number of nitrogens with zero attached hydrogens (tertiary/aromatic N) is 3. The Morgan fingerprint density at radius 1 is 1.19 bits per heavy atom. The van der Waals surface area contributed by atoms with Gasteiger partial charge in [0.1, 0.15) is 0 Å². The van der Waals surface area contributed by atoms with E-state index in [-0.39, 0.29) is 11.5 Å². The molecule has 138 valence electrons. The van der Waals surface area contributed by atoms with Crippen molar-refractivity contribution >= 4 is 5.91 Å². The highest BCUT2D eigenvalue weighted by Crippen LogP contribution is 2.28. The van der Waals surface area contributed by atoms with Crippen LogP contribution in [-0.4, -0.2) is 26.9 Å². The Bertz CT molecular complexity index is 866. The van der Waals surface area contributed by atoms with Crippen LogP contribution in [0.2, 0.25) is 0 Å². The Morgan fingerprint density at radius 3 is 2.50 bits per heavy atom. The predicted octanol–water partition coefficient (Wildman–Crippen LogP) is 2.69. The van der Waals surface area contributed by atoms with Gasteiger partial charge in [0, 0.05) is 18.7 Å². The molecule has 3 rings (SSSR count). The van der Waals surface area contributed by atoms with Gasteiger partial charge in [-0.15, -0.1) is 0 Å². The van der Waals surface area contributed by atoms with Gasteiger partial charge in [-0.25, -0.2) is 4.98 Å². The second kappa shape index (κ2) is 7.06. The van der Waals surface area contributed by atoms with Gasteiger partial charge in [-0.05, 0) is 44.7 Å². The SMILES string of the molecule is CCc1ccc(C(C)(C)C(=O)N2CCc3c(ncn(CC)c3=O)C2)cc1. The maximum Gasteiger partial charge on any atom is 0.256 e. The number of carbonyl (C=O) groups excluding carboxylic acids is 1. The second-order valence-corrected chi connectivity index (χ2v) is 7.41. The zero-order valence-corrected chi connectivity index (χ0v) is 16.1. The van der Waals surface area contributed by atoms with Crippen LogP contribution in [0.25, 0.3) is 0 Å². The van der Waals surface area contributed by atoms with Crippen molar-refractivity contribution in [2.24, 2.45) is 0 Å². The first-order chi connectivity index (χ1) is 12.4. The van der Waals surface area contributed by atoms with Crippen LogP contribution in [0.5, 0.6) is 0 Å². The molecule has 1 aliphatic heterocycles. The quantitative estimate of drug-likeness (QED) is 0.849. The molecule has 0 saturated carbocycles. The Kier molecular flexibility index (Phi) is 4.99. The van der Waals surface area contributed by atoms with Gasteiger partial charge in [0.05, 0.1) is 24.0 Å². The van der Waals surface area contributed by atoms with Gasteiger partial charge in [-0.1, -0.05) is 31.2 Å². The molecule has 1 amide bonds. The molecule has 0 unspecified atom stereocenters. The Morgan fingerprint density at radius 2 is 1.88 bits per heavy atom. The van der Waals surface area contributed by atoms with Gasteiger partial charge in [-0.3, -0.25) is 14.2 Å². The second-order valence-electron chi connectivity index (χ2n) is 7.41. The Labute approximate surface area is 154 Å². The third-order valence-corrected chi connectivity index (χ3v) is 5.44. The fraction of sp³-hybridized carbons (Fsp3) is 0.476. The fourth-order valence-corrected chi connectivity index (χ4v) is 3.54. The molecule has 5 heteroatoms. The molecular formula is C21H27N3O2. The number of amides is 1. The van der Waals surface area contributed by atoms with E-state index in [2.05, 4.69) is 24.0 Å². The molecule has 1 aromatic carbocycles. The van der Waals surface area contributed by atoms with E-state index < -0.39 is 5.41 Å². The summed E-state index contributed by atoms with van der Waals surface area (Å²) in [6, 6.07) is 8.27. The molecule has 1 aliphatic rings. The van der Waals surface area contributed by atoms with Crippen molar-refractivity contribution in [3.05, 3.63) is 63.3 Å². The topological polar surface area (TPSA) is 55.2 Å². The fourth-order valence-electron chi connectivity index (χ4n) is 3.54. The van der Waals surface area contributed by atoms with Crippen LogP contribution in [-0.2, 0) is 36.1 Å². The lowest BCUT2D eigenvalue weighted by Crippen LogP contribution is -2.47. The lowest BCUT2D eigenvalue weighted by Gasteiger charge is -2.35. The van der Waals surface area contributed by atoms with Gasteiger partial charge >= 0.3 is 0 Å². The molecule has 5 nitrogen and oxygen atoms in total. The van der Waals surface area contributed by atoms with E-state index in [0.29, 0.717) is 26.1 Å². The van der Waals surface area contributed by atoms with Gasteiger partial charge < -0.3 is 4.90 Å². The summed E-state index contributed by atoms with van der Waals surface area (Å²) in [4.78, 5) is 31.9. The van der Waals surface area contributed by atoms with Gasteiger partial charge in [0.2, 0.25) is 5.91 Å². The number of aryl methyl sites for hydroxylation is 2. The molecule has 0 fully saturated rings. The van der Waals surface area contributed by atoms with E-state index in [1.807, 2.05) is 37.8 Å². The summed E-state index contributed by atoms with van der Waals surface area (Å²) in [6.07, 6.45) is 3.14. The first-order valence-corrected chi connectivity index (χ1v) is 9.34. The lowest BCUT2D eigenvalue weighted by molar-refractivity contribution is -0.137. The zero-order valence-electron chi connectivity index (χ0n) is 16.1. The average molecular weight is 353 g/mol. The third-order valence-electron chi connectivity index (χ3n) is 5.44. The highest BCUT2D eigenvalue weighted by molar-refractivity contribution is 5.87. The van der Waals surface area contributed by atoms with Crippen LogP contribution in [0.3, 0.4) is 0 Å². The molecule has 0 atom stereocenters. The molecule has 0 aliphatic carbocycles. The van der Waals surface area contributed by atoms with Crippen molar-refractivity contribution in [1.82, 2.24) is 14.5 Å². The molecule has 26 heavy (non-hydrogen) atoms. The van der Waals surface area contributed by atoms with Crippen molar-refractivity contribution in [2.75, 3.05) is 6.54 Å². The maximum absolute atomic E-state index is 13.2. The van der Waals surface area contributed by atoms with Crippen LogP contribution in [0.1, 0.15) is 50.1 Å². The number of hydrogen-bond acceptors (Lipinski definition) is 3. The van der Waals surface area contributed by atoms with Crippen LogP contribution in [0.15, 0.2) is 35.4 Å². The van der Waals surface area contributed by atoms with E-state index in [1.54, 1.807) is 10.9 Å². The van der Waals surface area contributed by atoms with Gasteiger partial charge in [0.25, 0.3) is 5.56 Å². The molecule has 0 saturated heterocycles. The molecule has 0 bridgehead atoms. The minimum absolute atomic E-state index is 0.0269. The van der Waals surface area contributed by atoms with Crippen LogP contribution in [0, 0.1) is 0 Å². The summed E-state index contributed by atoms with van der Waals surface area (Å²) in [5.74, 6) is 0.0777. The van der Waals surface area contributed by atoms with Crippen molar-refractivity contribution in [1.29, 1.82) is 0 Å².